The monoisotopic (exact) mass is 278 g/mol. The number of benzene rings is 1. The minimum absolute atomic E-state index is 0.0558. The van der Waals surface area contributed by atoms with Crippen molar-refractivity contribution < 1.29 is 9.18 Å². The Morgan fingerprint density at radius 2 is 2.20 bits per heavy atom. The highest BCUT2D eigenvalue weighted by molar-refractivity contribution is 5.76. The highest BCUT2D eigenvalue weighted by atomic mass is 19.1. The van der Waals surface area contributed by atoms with E-state index in [1.807, 2.05) is 13.0 Å². The minimum atomic E-state index is -0.265. The summed E-state index contributed by atoms with van der Waals surface area (Å²) in [6.45, 7) is 4.01. The number of carbonyl (C=O) groups is 1. The molecule has 1 aromatic carbocycles. The summed E-state index contributed by atoms with van der Waals surface area (Å²) in [5, 5.41) is 6.27. The number of rotatable bonds is 5. The van der Waals surface area contributed by atoms with Gasteiger partial charge in [0.1, 0.15) is 5.82 Å². The predicted octanol–water partition coefficient (Wildman–Crippen LogP) is 2.78. The van der Waals surface area contributed by atoms with Crippen LogP contribution in [0.2, 0.25) is 0 Å². The van der Waals surface area contributed by atoms with Crippen molar-refractivity contribution >= 4 is 5.91 Å². The Morgan fingerprint density at radius 3 is 2.90 bits per heavy atom. The van der Waals surface area contributed by atoms with Gasteiger partial charge in [-0.15, -0.1) is 0 Å². The number of amides is 1. The van der Waals surface area contributed by atoms with E-state index in [9.17, 15) is 9.18 Å². The molecule has 2 N–H and O–H groups in total. The molecule has 110 valence electrons. The van der Waals surface area contributed by atoms with Crippen LogP contribution in [0.3, 0.4) is 0 Å². The first-order valence-electron chi connectivity index (χ1n) is 7.40. The van der Waals surface area contributed by atoms with Crippen molar-refractivity contribution in [3.05, 3.63) is 35.6 Å². The second-order valence-corrected chi connectivity index (χ2v) is 5.58. The largest absolute Gasteiger partial charge is 0.350 e. The highest BCUT2D eigenvalue weighted by Crippen LogP contribution is 2.18. The first-order valence-corrected chi connectivity index (χ1v) is 7.40. The second-order valence-electron chi connectivity index (χ2n) is 5.58. The summed E-state index contributed by atoms with van der Waals surface area (Å²) in [6, 6.07) is 6.24. The summed E-state index contributed by atoms with van der Waals surface area (Å²) in [5.74, 6) is 0.449. The van der Waals surface area contributed by atoms with Crippen LogP contribution >= 0.6 is 0 Å². The molecule has 1 amide bonds. The molecule has 1 atom stereocenters. The summed E-state index contributed by atoms with van der Waals surface area (Å²) in [6.07, 6.45) is 3.83. The Hall–Kier alpha value is -1.42. The van der Waals surface area contributed by atoms with E-state index in [1.165, 1.54) is 12.1 Å². The van der Waals surface area contributed by atoms with Crippen LogP contribution in [0.15, 0.2) is 24.3 Å². The van der Waals surface area contributed by atoms with E-state index in [0.29, 0.717) is 12.3 Å². The lowest BCUT2D eigenvalue weighted by Gasteiger charge is -2.22. The van der Waals surface area contributed by atoms with Gasteiger partial charge in [0, 0.05) is 6.42 Å². The molecule has 1 saturated heterocycles. The van der Waals surface area contributed by atoms with Crippen molar-refractivity contribution in [1.82, 2.24) is 10.6 Å². The fourth-order valence-electron chi connectivity index (χ4n) is 2.68. The van der Waals surface area contributed by atoms with Crippen LogP contribution in [-0.2, 0) is 4.79 Å². The van der Waals surface area contributed by atoms with Gasteiger partial charge in [0.25, 0.3) is 0 Å². The molecule has 0 saturated carbocycles. The molecule has 4 heteroatoms. The quantitative estimate of drug-likeness (QED) is 0.869. The first-order chi connectivity index (χ1) is 9.65. The molecule has 1 aliphatic rings. The number of nitrogens with one attached hydrogen (secondary N) is 2. The third-order valence-corrected chi connectivity index (χ3v) is 3.96. The van der Waals surface area contributed by atoms with Gasteiger partial charge in [-0.3, -0.25) is 4.79 Å². The summed E-state index contributed by atoms with van der Waals surface area (Å²) in [5.41, 5.74) is 0.806. The SMILES string of the molecule is C[C@@H](NC(=O)CCC1CCNCC1)c1cccc(F)c1. The van der Waals surface area contributed by atoms with E-state index in [1.54, 1.807) is 6.07 Å². The molecule has 20 heavy (non-hydrogen) atoms. The molecular formula is C16H23FN2O. The van der Waals surface area contributed by atoms with Gasteiger partial charge in [-0.25, -0.2) is 4.39 Å². The number of halogens is 1. The maximum atomic E-state index is 13.1. The van der Waals surface area contributed by atoms with E-state index in [2.05, 4.69) is 10.6 Å². The highest BCUT2D eigenvalue weighted by Gasteiger charge is 2.15. The van der Waals surface area contributed by atoms with Gasteiger partial charge in [-0.05, 0) is 62.9 Å². The van der Waals surface area contributed by atoms with Crippen molar-refractivity contribution in [3.63, 3.8) is 0 Å². The van der Waals surface area contributed by atoms with Crippen LogP contribution in [0, 0.1) is 11.7 Å². The summed E-state index contributed by atoms with van der Waals surface area (Å²) in [7, 11) is 0. The van der Waals surface area contributed by atoms with E-state index in [-0.39, 0.29) is 17.8 Å². The summed E-state index contributed by atoms with van der Waals surface area (Å²) >= 11 is 0. The average Bonchev–Trinajstić information content (AvgIpc) is 2.46. The molecule has 2 rings (SSSR count). The van der Waals surface area contributed by atoms with Crippen molar-refractivity contribution in [2.24, 2.45) is 5.92 Å². The van der Waals surface area contributed by atoms with E-state index >= 15 is 0 Å². The normalized spacial score (nSPS) is 17.7. The van der Waals surface area contributed by atoms with Crippen LogP contribution in [0.1, 0.15) is 44.2 Å². The zero-order valence-corrected chi connectivity index (χ0v) is 12.0. The van der Waals surface area contributed by atoms with Crippen LogP contribution in [0.4, 0.5) is 4.39 Å². The molecule has 0 spiro atoms. The van der Waals surface area contributed by atoms with Crippen LogP contribution in [-0.4, -0.2) is 19.0 Å². The Labute approximate surface area is 120 Å². The predicted molar refractivity (Wildman–Crippen MR) is 77.8 cm³/mol. The van der Waals surface area contributed by atoms with Crippen LogP contribution in [0.25, 0.3) is 0 Å². The molecule has 0 bridgehead atoms. The minimum Gasteiger partial charge on any atom is -0.350 e. The number of hydrogen-bond acceptors (Lipinski definition) is 2. The molecule has 1 heterocycles. The van der Waals surface area contributed by atoms with Gasteiger partial charge in [0.05, 0.1) is 6.04 Å². The van der Waals surface area contributed by atoms with Gasteiger partial charge < -0.3 is 10.6 Å². The van der Waals surface area contributed by atoms with Gasteiger partial charge in [0.15, 0.2) is 0 Å². The molecule has 1 aromatic rings. The van der Waals surface area contributed by atoms with Crippen LogP contribution < -0.4 is 10.6 Å². The number of hydrogen-bond donors (Lipinski definition) is 2. The second kappa shape index (κ2) is 7.39. The van der Waals surface area contributed by atoms with Gasteiger partial charge in [-0.1, -0.05) is 12.1 Å². The lowest BCUT2D eigenvalue weighted by molar-refractivity contribution is -0.122. The fourth-order valence-corrected chi connectivity index (χ4v) is 2.68. The molecule has 1 fully saturated rings. The molecule has 0 aliphatic carbocycles. The van der Waals surface area contributed by atoms with Crippen LogP contribution in [0.5, 0.6) is 0 Å². The lowest BCUT2D eigenvalue weighted by atomic mass is 9.93. The average molecular weight is 278 g/mol. The molecule has 0 radical (unpaired) electrons. The van der Waals surface area contributed by atoms with Crippen molar-refractivity contribution in [2.75, 3.05) is 13.1 Å². The van der Waals surface area contributed by atoms with Gasteiger partial charge in [0.2, 0.25) is 5.91 Å². The molecule has 3 nitrogen and oxygen atoms in total. The Bertz CT molecular complexity index is 444. The van der Waals surface area contributed by atoms with E-state index in [4.69, 9.17) is 0 Å². The zero-order valence-electron chi connectivity index (χ0n) is 12.0. The summed E-state index contributed by atoms with van der Waals surface area (Å²) in [4.78, 5) is 11.9. The topological polar surface area (TPSA) is 41.1 Å². The Kier molecular flexibility index (Phi) is 5.53. The smallest absolute Gasteiger partial charge is 0.220 e. The zero-order chi connectivity index (χ0) is 14.4. The standard InChI is InChI=1S/C16H23FN2O/c1-12(14-3-2-4-15(17)11-14)19-16(20)6-5-13-7-9-18-10-8-13/h2-4,11-13,18H,5-10H2,1H3,(H,19,20)/t12-/m1/s1. The molecule has 1 aliphatic heterocycles. The number of piperidine rings is 1. The van der Waals surface area contributed by atoms with Crippen molar-refractivity contribution in [3.8, 4) is 0 Å². The van der Waals surface area contributed by atoms with Gasteiger partial charge in [-0.2, -0.15) is 0 Å². The third kappa shape index (κ3) is 4.60. The Balaban J connectivity index is 1.76. The first kappa shape index (κ1) is 15.0. The third-order valence-electron chi connectivity index (χ3n) is 3.96. The fraction of sp³-hybridized carbons (Fsp3) is 0.562. The maximum absolute atomic E-state index is 13.1. The van der Waals surface area contributed by atoms with E-state index in [0.717, 1.165) is 37.9 Å². The number of carbonyl (C=O) groups excluding carboxylic acids is 1. The molecule has 0 unspecified atom stereocenters. The molecular weight excluding hydrogens is 255 g/mol. The van der Waals surface area contributed by atoms with Crippen molar-refractivity contribution in [2.45, 2.75) is 38.6 Å². The summed E-state index contributed by atoms with van der Waals surface area (Å²) < 4.78 is 13.1. The lowest BCUT2D eigenvalue weighted by Crippen LogP contribution is -2.30. The van der Waals surface area contributed by atoms with Gasteiger partial charge >= 0.3 is 0 Å². The maximum Gasteiger partial charge on any atom is 0.220 e. The molecule has 0 aromatic heterocycles. The van der Waals surface area contributed by atoms with Crippen molar-refractivity contribution in [1.29, 1.82) is 0 Å². The Morgan fingerprint density at radius 1 is 1.45 bits per heavy atom. The van der Waals surface area contributed by atoms with E-state index < -0.39 is 0 Å².